The van der Waals surface area contributed by atoms with Crippen LogP contribution in [0.3, 0.4) is 0 Å². The third-order valence-electron chi connectivity index (χ3n) is 3.59. The predicted molar refractivity (Wildman–Crippen MR) is 66.7 cm³/mol. The minimum atomic E-state index is 0.379. The Bertz CT molecular complexity index is 326. The van der Waals surface area contributed by atoms with Crippen molar-refractivity contribution in [2.75, 3.05) is 18.0 Å². The largest absolute Gasteiger partial charge is 0.355 e. The van der Waals surface area contributed by atoms with Gasteiger partial charge in [-0.1, -0.05) is 13.8 Å². The highest BCUT2D eigenvalue weighted by Gasteiger charge is 2.18. The number of nitrogens with zero attached hydrogens (tertiary/aromatic N) is 2. The summed E-state index contributed by atoms with van der Waals surface area (Å²) in [6.45, 7) is 6.49. The highest BCUT2D eigenvalue weighted by atomic mass is 15.3. The number of aromatic amines is 1. The van der Waals surface area contributed by atoms with Gasteiger partial charge in [0.05, 0.1) is 0 Å². The molecule has 1 fully saturated rings. The molecule has 1 aromatic rings. The molecule has 1 aliphatic rings. The molecule has 2 rings (SSSR count). The quantitative estimate of drug-likeness (QED) is 0.820. The van der Waals surface area contributed by atoms with Crippen LogP contribution in [0.25, 0.3) is 0 Å². The van der Waals surface area contributed by atoms with E-state index in [-0.39, 0.29) is 0 Å². The van der Waals surface area contributed by atoms with Gasteiger partial charge in [-0.2, -0.15) is 5.10 Å². The minimum Gasteiger partial charge on any atom is -0.355 e. The average molecular weight is 222 g/mol. The summed E-state index contributed by atoms with van der Waals surface area (Å²) in [4.78, 5) is 2.33. The maximum Gasteiger partial charge on any atom is 0.150 e. The van der Waals surface area contributed by atoms with E-state index in [1.165, 1.54) is 5.69 Å². The lowest BCUT2D eigenvalue weighted by Crippen LogP contribution is -2.39. The molecule has 0 aromatic carbocycles. The topological polar surface area (TPSA) is 57.9 Å². The fourth-order valence-electron chi connectivity index (χ4n) is 2.09. The molecule has 1 unspecified atom stereocenters. The number of H-pyrrole nitrogens is 1. The lowest BCUT2D eigenvalue weighted by atomic mass is 10.0. The van der Waals surface area contributed by atoms with E-state index in [9.17, 15) is 0 Å². The Morgan fingerprint density at radius 1 is 1.56 bits per heavy atom. The van der Waals surface area contributed by atoms with Crippen molar-refractivity contribution in [1.29, 1.82) is 0 Å². The Kier molecular flexibility index (Phi) is 3.49. The number of aromatic nitrogens is 2. The van der Waals surface area contributed by atoms with Gasteiger partial charge < -0.3 is 10.6 Å². The monoisotopic (exact) mass is 222 g/mol. The van der Waals surface area contributed by atoms with Crippen LogP contribution >= 0.6 is 0 Å². The number of nitrogens with one attached hydrogen (secondary N) is 1. The number of anilines is 1. The minimum absolute atomic E-state index is 0.379. The van der Waals surface area contributed by atoms with Crippen LogP contribution in [0.15, 0.2) is 6.07 Å². The molecule has 0 amide bonds. The summed E-state index contributed by atoms with van der Waals surface area (Å²) in [5.74, 6) is 1.65. The maximum atomic E-state index is 5.90. The van der Waals surface area contributed by atoms with Crippen molar-refractivity contribution >= 4 is 5.82 Å². The van der Waals surface area contributed by atoms with Crippen molar-refractivity contribution in [3.8, 4) is 0 Å². The summed E-state index contributed by atoms with van der Waals surface area (Å²) in [5.41, 5.74) is 7.14. The first kappa shape index (κ1) is 11.5. The number of nitrogens with two attached hydrogens (primary N) is 1. The third-order valence-corrected chi connectivity index (χ3v) is 3.59. The van der Waals surface area contributed by atoms with E-state index in [2.05, 4.69) is 35.0 Å². The molecule has 4 nitrogen and oxygen atoms in total. The SMILES string of the molecule is CCC(C)c1cc(N2CCC(N)CC2)n[nH]1. The molecule has 16 heavy (non-hydrogen) atoms. The van der Waals surface area contributed by atoms with Gasteiger partial charge in [-0.05, 0) is 25.2 Å². The molecule has 2 heterocycles. The molecule has 1 atom stereocenters. The van der Waals surface area contributed by atoms with E-state index in [1.54, 1.807) is 0 Å². The molecule has 0 radical (unpaired) electrons. The first-order valence-corrected chi connectivity index (χ1v) is 6.26. The van der Waals surface area contributed by atoms with Crippen LogP contribution in [0.5, 0.6) is 0 Å². The fourth-order valence-corrected chi connectivity index (χ4v) is 2.09. The van der Waals surface area contributed by atoms with Crippen molar-refractivity contribution in [2.45, 2.75) is 45.1 Å². The van der Waals surface area contributed by atoms with Crippen LogP contribution in [0.4, 0.5) is 5.82 Å². The Balaban J connectivity index is 2.01. The Labute approximate surface area is 97.2 Å². The molecular formula is C12H22N4. The predicted octanol–water partition coefficient (Wildman–Crippen LogP) is 1.85. The third kappa shape index (κ3) is 2.38. The number of piperidine rings is 1. The van der Waals surface area contributed by atoms with Crippen molar-refractivity contribution in [1.82, 2.24) is 10.2 Å². The van der Waals surface area contributed by atoms with E-state index < -0.39 is 0 Å². The second-order valence-corrected chi connectivity index (χ2v) is 4.82. The zero-order valence-corrected chi connectivity index (χ0v) is 10.2. The van der Waals surface area contributed by atoms with Crippen LogP contribution in [0.2, 0.25) is 0 Å². The molecule has 0 aliphatic carbocycles. The lowest BCUT2D eigenvalue weighted by Gasteiger charge is -2.29. The first-order valence-electron chi connectivity index (χ1n) is 6.26. The van der Waals surface area contributed by atoms with Gasteiger partial charge in [0.1, 0.15) is 0 Å². The second-order valence-electron chi connectivity index (χ2n) is 4.82. The average Bonchev–Trinajstić information content (AvgIpc) is 2.78. The number of hydrogen-bond acceptors (Lipinski definition) is 3. The summed E-state index contributed by atoms with van der Waals surface area (Å²) < 4.78 is 0. The summed E-state index contributed by atoms with van der Waals surface area (Å²) in [7, 11) is 0. The Morgan fingerprint density at radius 2 is 2.25 bits per heavy atom. The lowest BCUT2D eigenvalue weighted by molar-refractivity contribution is 0.498. The first-order chi connectivity index (χ1) is 7.70. The van der Waals surface area contributed by atoms with Crippen LogP contribution in [-0.2, 0) is 0 Å². The van der Waals surface area contributed by atoms with Gasteiger partial charge in [0.15, 0.2) is 5.82 Å². The second kappa shape index (κ2) is 4.87. The summed E-state index contributed by atoms with van der Waals surface area (Å²) >= 11 is 0. The maximum absolute atomic E-state index is 5.90. The summed E-state index contributed by atoms with van der Waals surface area (Å²) in [6.07, 6.45) is 3.30. The van der Waals surface area contributed by atoms with Crippen molar-refractivity contribution < 1.29 is 0 Å². The van der Waals surface area contributed by atoms with E-state index in [4.69, 9.17) is 5.73 Å². The van der Waals surface area contributed by atoms with Crippen LogP contribution in [0.1, 0.15) is 44.7 Å². The van der Waals surface area contributed by atoms with E-state index in [0.717, 1.165) is 38.2 Å². The standard InChI is InChI=1S/C12H22N4/c1-3-9(2)11-8-12(15-14-11)16-6-4-10(13)5-7-16/h8-10H,3-7,13H2,1-2H3,(H,14,15). The van der Waals surface area contributed by atoms with Gasteiger partial charge in [0.25, 0.3) is 0 Å². The van der Waals surface area contributed by atoms with Crippen LogP contribution < -0.4 is 10.6 Å². The zero-order chi connectivity index (χ0) is 11.5. The summed E-state index contributed by atoms with van der Waals surface area (Å²) in [5, 5.41) is 7.54. The van der Waals surface area contributed by atoms with Crippen molar-refractivity contribution in [3.05, 3.63) is 11.8 Å². The van der Waals surface area contributed by atoms with Crippen LogP contribution in [-0.4, -0.2) is 29.3 Å². The Morgan fingerprint density at radius 3 is 2.88 bits per heavy atom. The molecule has 3 N–H and O–H groups in total. The van der Waals surface area contributed by atoms with Crippen molar-refractivity contribution in [3.63, 3.8) is 0 Å². The van der Waals surface area contributed by atoms with Gasteiger partial charge in [0.2, 0.25) is 0 Å². The molecule has 90 valence electrons. The van der Waals surface area contributed by atoms with Crippen LogP contribution in [0, 0.1) is 0 Å². The van der Waals surface area contributed by atoms with E-state index in [1.807, 2.05) is 0 Å². The molecule has 0 bridgehead atoms. The molecule has 0 saturated carbocycles. The highest BCUT2D eigenvalue weighted by molar-refractivity contribution is 5.40. The smallest absolute Gasteiger partial charge is 0.150 e. The molecule has 1 aromatic heterocycles. The number of rotatable bonds is 3. The van der Waals surface area contributed by atoms with Gasteiger partial charge in [0, 0.05) is 30.9 Å². The highest BCUT2D eigenvalue weighted by Crippen LogP contribution is 2.22. The van der Waals surface area contributed by atoms with Gasteiger partial charge in [-0.3, -0.25) is 5.10 Å². The van der Waals surface area contributed by atoms with Gasteiger partial charge in [-0.15, -0.1) is 0 Å². The zero-order valence-electron chi connectivity index (χ0n) is 10.2. The molecule has 4 heteroatoms. The van der Waals surface area contributed by atoms with E-state index in [0.29, 0.717) is 12.0 Å². The van der Waals surface area contributed by atoms with Gasteiger partial charge in [-0.25, -0.2) is 0 Å². The number of hydrogen-bond donors (Lipinski definition) is 2. The molecular weight excluding hydrogens is 200 g/mol. The Hall–Kier alpha value is -1.03. The van der Waals surface area contributed by atoms with Crippen molar-refractivity contribution in [2.24, 2.45) is 5.73 Å². The fraction of sp³-hybridized carbons (Fsp3) is 0.750. The normalized spacial score (nSPS) is 20.1. The molecule has 1 aliphatic heterocycles. The van der Waals surface area contributed by atoms with Gasteiger partial charge >= 0.3 is 0 Å². The summed E-state index contributed by atoms with van der Waals surface area (Å²) in [6, 6.07) is 2.56. The molecule has 0 spiro atoms. The van der Waals surface area contributed by atoms with E-state index >= 15 is 0 Å². The molecule has 1 saturated heterocycles.